The fourth-order valence-corrected chi connectivity index (χ4v) is 4.01. The summed E-state index contributed by atoms with van der Waals surface area (Å²) >= 11 is 1.39. The standard InChI is InChI=1S/C27H33N3O5S/c1-27(2,3)35-25(32)29-23(14-20-10-6-4-7-11-20)24(31)17-30(16-21-12-8-5-9-13-21)26(33)34-18-22-15-28-19-36-22/h4-13,15,19,23-24,31H,14,16-18H2,1-3H3,(H,29,32). The zero-order valence-electron chi connectivity index (χ0n) is 20.8. The van der Waals surface area contributed by atoms with Crippen molar-refractivity contribution in [3.05, 3.63) is 88.4 Å². The van der Waals surface area contributed by atoms with Crippen molar-refractivity contribution in [2.75, 3.05) is 6.54 Å². The number of aliphatic hydroxyl groups is 1. The van der Waals surface area contributed by atoms with Gasteiger partial charge in [-0.25, -0.2) is 9.59 Å². The van der Waals surface area contributed by atoms with Crippen molar-refractivity contribution in [1.29, 1.82) is 0 Å². The average molecular weight is 512 g/mol. The van der Waals surface area contributed by atoms with Gasteiger partial charge in [0.1, 0.15) is 12.2 Å². The minimum atomic E-state index is -1.09. The number of alkyl carbamates (subject to hydrolysis) is 1. The van der Waals surface area contributed by atoms with E-state index in [1.165, 1.54) is 16.2 Å². The fraction of sp³-hybridized carbons (Fsp3) is 0.370. The van der Waals surface area contributed by atoms with E-state index in [0.717, 1.165) is 16.0 Å². The largest absolute Gasteiger partial charge is 0.444 e. The van der Waals surface area contributed by atoms with Crippen LogP contribution in [0.25, 0.3) is 0 Å². The molecule has 8 nitrogen and oxygen atoms in total. The first kappa shape index (κ1) is 27.2. The number of carbonyl (C=O) groups is 2. The van der Waals surface area contributed by atoms with Crippen LogP contribution in [0.2, 0.25) is 0 Å². The van der Waals surface area contributed by atoms with E-state index in [1.54, 1.807) is 32.5 Å². The van der Waals surface area contributed by atoms with Crippen molar-refractivity contribution in [1.82, 2.24) is 15.2 Å². The lowest BCUT2D eigenvalue weighted by Gasteiger charge is -2.30. The number of benzene rings is 2. The number of ether oxygens (including phenoxy) is 2. The van der Waals surface area contributed by atoms with Crippen molar-refractivity contribution in [3.63, 3.8) is 0 Å². The highest BCUT2D eigenvalue weighted by molar-refractivity contribution is 7.09. The molecule has 1 heterocycles. The van der Waals surface area contributed by atoms with Gasteiger partial charge < -0.3 is 24.8 Å². The highest BCUT2D eigenvalue weighted by Gasteiger charge is 2.29. The normalized spacial score (nSPS) is 12.9. The van der Waals surface area contributed by atoms with E-state index >= 15 is 0 Å². The maximum absolute atomic E-state index is 13.0. The van der Waals surface area contributed by atoms with Crippen LogP contribution in [-0.2, 0) is 29.0 Å². The number of aromatic nitrogens is 1. The molecule has 3 rings (SSSR count). The van der Waals surface area contributed by atoms with E-state index in [2.05, 4.69) is 10.3 Å². The maximum atomic E-state index is 13.0. The number of carbonyl (C=O) groups excluding carboxylic acids is 2. The second kappa shape index (κ2) is 13.0. The quantitative estimate of drug-likeness (QED) is 0.406. The molecule has 2 N–H and O–H groups in total. The number of hydrogen-bond donors (Lipinski definition) is 2. The predicted molar refractivity (Wildman–Crippen MR) is 138 cm³/mol. The average Bonchev–Trinajstić information content (AvgIpc) is 3.35. The summed E-state index contributed by atoms with van der Waals surface area (Å²) < 4.78 is 10.9. The molecule has 36 heavy (non-hydrogen) atoms. The van der Waals surface area contributed by atoms with Gasteiger partial charge in [0, 0.05) is 12.7 Å². The topological polar surface area (TPSA) is 101 Å². The molecule has 0 aliphatic carbocycles. The van der Waals surface area contributed by atoms with Crippen LogP contribution in [-0.4, -0.2) is 51.5 Å². The lowest BCUT2D eigenvalue weighted by atomic mass is 10.0. The Kier molecular flexibility index (Phi) is 9.84. The molecule has 1 aromatic heterocycles. The summed E-state index contributed by atoms with van der Waals surface area (Å²) in [5.74, 6) is 0. The molecule has 0 saturated carbocycles. The number of amides is 2. The molecule has 0 radical (unpaired) electrons. The number of hydrogen-bond acceptors (Lipinski definition) is 7. The van der Waals surface area contributed by atoms with Gasteiger partial charge in [0.2, 0.25) is 0 Å². The summed E-state index contributed by atoms with van der Waals surface area (Å²) in [5.41, 5.74) is 2.80. The molecule has 0 aliphatic rings. The minimum Gasteiger partial charge on any atom is -0.444 e. The van der Waals surface area contributed by atoms with E-state index in [-0.39, 0.29) is 19.7 Å². The smallest absolute Gasteiger partial charge is 0.410 e. The van der Waals surface area contributed by atoms with Gasteiger partial charge in [-0.05, 0) is 38.3 Å². The van der Waals surface area contributed by atoms with Crippen molar-refractivity contribution in [2.45, 2.75) is 58.1 Å². The Hall–Kier alpha value is -3.43. The van der Waals surface area contributed by atoms with E-state index in [0.29, 0.717) is 6.42 Å². The third kappa shape index (κ3) is 9.31. The Morgan fingerprint density at radius 2 is 1.69 bits per heavy atom. The highest BCUT2D eigenvalue weighted by atomic mass is 32.1. The molecule has 2 atom stereocenters. The number of rotatable bonds is 10. The monoisotopic (exact) mass is 511 g/mol. The molecule has 0 aliphatic heterocycles. The fourth-order valence-electron chi connectivity index (χ4n) is 3.51. The SMILES string of the molecule is CC(C)(C)OC(=O)NC(Cc1ccccc1)C(O)CN(Cc1ccccc1)C(=O)OCc1cncs1. The van der Waals surface area contributed by atoms with Crippen LogP contribution in [0, 0.1) is 0 Å². The first-order valence-electron chi connectivity index (χ1n) is 11.7. The number of aliphatic hydroxyl groups excluding tert-OH is 1. The first-order chi connectivity index (χ1) is 17.2. The van der Waals surface area contributed by atoms with E-state index in [9.17, 15) is 14.7 Å². The van der Waals surface area contributed by atoms with Crippen molar-refractivity contribution in [2.24, 2.45) is 0 Å². The number of nitrogens with zero attached hydrogens (tertiary/aromatic N) is 2. The van der Waals surface area contributed by atoms with Gasteiger partial charge in [-0.3, -0.25) is 4.98 Å². The van der Waals surface area contributed by atoms with Gasteiger partial charge in [-0.15, -0.1) is 11.3 Å². The zero-order valence-corrected chi connectivity index (χ0v) is 21.6. The second-order valence-corrected chi connectivity index (χ2v) is 10.4. The van der Waals surface area contributed by atoms with Crippen molar-refractivity contribution < 1.29 is 24.2 Å². The Balaban J connectivity index is 1.75. The van der Waals surface area contributed by atoms with Crippen LogP contribution in [0.1, 0.15) is 36.8 Å². The van der Waals surface area contributed by atoms with E-state index < -0.39 is 29.9 Å². The van der Waals surface area contributed by atoms with Crippen LogP contribution in [0.15, 0.2) is 72.4 Å². The van der Waals surface area contributed by atoms with Gasteiger partial charge in [-0.1, -0.05) is 60.7 Å². The Morgan fingerprint density at radius 1 is 1.06 bits per heavy atom. The molecule has 2 amide bonds. The molecule has 192 valence electrons. The van der Waals surface area contributed by atoms with Gasteiger partial charge in [0.05, 0.1) is 29.1 Å². The van der Waals surface area contributed by atoms with Crippen molar-refractivity contribution in [3.8, 4) is 0 Å². The van der Waals surface area contributed by atoms with Crippen LogP contribution in [0.5, 0.6) is 0 Å². The molecule has 0 bridgehead atoms. The Labute approximate surface area is 215 Å². The van der Waals surface area contributed by atoms with Crippen LogP contribution >= 0.6 is 11.3 Å². The summed E-state index contributed by atoms with van der Waals surface area (Å²) in [4.78, 5) is 31.8. The number of nitrogens with one attached hydrogen (secondary N) is 1. The molecular weight excluding hydrogens is 478 g/mol. The Morgan fingerprint density at radius 3 is 2.28 bits per heavy atom. The summed E-state index contributed by atoms with van der Waals surface area (Å²) in [7, 11) is 0. The summed E-state index contributed by atoms with van der Waals surface area (Å²) in [5, 5.41) is 14.0. The lowest BCUT2D eigenvalue weighted by Crippen LogP contribution is -2.51. The summed E-state index contributed by atoms with van der Waals surface area (Å²) in [6, 6.07) is 18.3. The minimum absolute atomic E-state index is 0.0519. The number of thiazole rings is 1. The Bertz CT molecular complexity index is 1070. The lowest BCUT2D eigenvalue weighted by molar-refractivity contribution is 0.0328. The molecule has 2 unspecified atom stereocenters. The molecule has 3 aromatic rings. The van der Waals surface area contributed by atoms with Gasteiger partial charge in [0.25, 0.3) is 0 Å². The summed E-state index contributed by atoms with van der Waals surface area (Å²) in [6.07, 6.45) is -0.282. The van der Waals surface area contributed by atoms with Crippen molar-refractivity contribution >= 4 is 23.5 Å². The molecule has 0 saturated heterocycles. The molecule has 2 aromatic carbocycles. The van der Waals surface area contributed by atoms with Crippen LogP contribution in [0.4, 0.5) is 9.59 Å². The highest BCUT2D eigenvalue weighted by Crippen LogP contribution is 2.15. The predicted octanol–water partition coefficient (Wildman–Crippen LogP) is 4.78. The molecule has 0 spiro atoms. The van der Waals surface area contributed by atoms with E-state index in [4.69, 9.17) is 9.47 Å². The summed E-state index contributed by atoms with van der Waals surface area (Å²) in [6.45, 7) is 5.60. The third-order valence-corrected chi connectivity index (χ3v) is 5.92. The van der Waals surface area contributed by atoms with Gasteiger partial charge in [-0.2, -0.15) is 0 Å². The molecule has 9 heteroatoms. The zero-order chi connectivity index (χ0) is 26.0. The second-order valence-electron chi connectivity index (χ2n) is 9.40. The van der Waals surface area contributed by atoms with Gasteiger partial charge >= 0.3 is 12.2 Å². The van der Waals surface area contributed by atoms with Crippen LogP contribution < -0.4 is 5.32 Å². The molecule has 0 fully saturated rings. The maximum Gasteiger partial charge on any atom is 0.410 e. The van der Waals surface area contributed by atoms with Gasteiger partial charge in [0.15, 0.2) is 0 Å². The third-order valence-electron chi connectivity index (χ3n) is 5.17. The first-order valence-corrected chi connectivity index (χ1v) is 12.6. The molecular formula is C27H33N3O5S. The van der Waals surface area contributed by atoms with E-state index in [1.807, 2.05) is 60.7 Å². The van der Waals surface area contributed by atoms with Crippen LogP contribution in [0.3, 0.4) is 0 Å².